The van der Waals surface area contributed by atoms with Crippen molar-refractivity contribution in [3.8, 4) is 0 Å². The number of aryl methyl sites for hydroxylation is 2. The summed E-state index contributed by atoms with van der Waals surface area (Å²) in [6, 6.07) is 1.94. The molecule has 1 atom stereocenters. The van der Waals surface area contributed by atoms with E-state index in [1.807, 2.05) is 16.9 Å². The lowest BCUT2D eigenvalue weighted by Crippen LogP contribution is -2.44. The summed E-state index contributed by atoms with van der Waals surface area (Å²) in [6.07, 6.45) is 5.56. The van der Waals surface area contributed by atoms with E-state index in [4.69, 9.17) is 4.74 Å². The first-order valence-electron chi connectivity index (χ1n) is 7.77. The summed E-state index contributed by atoms with van der Waals surface area (Å²) in [7, 11) is 0. The molecule has 4 heterocycles. The van der Waals surface area contributed by atoms with Gasteiger partial charge in [-0.25, -0.2) is 9.97 Å². The molecule has 1 unspecified atom stereocenters. The second kappa shape index (κ2) is 5.90. The predicted octanol–water partition coefficient (Wildman–Crippen LogP) is 2.41. The van der Waals surface area contributed by atoms with Crippen LogP contribution in [0.15, 0.2) is 24.8 Å². The van der Waals surface area contributed by atoms with Crippen LogP contribution < -0.4 is 4.90 Å². The van der Waals surface area contributed by atoms with Crippen molar-refractivity contribution in [2.45, 2.75) is 26.5 Å². The van der Waals surface area contributed by atoms with Crippen LogP contribution in [0.1, 0.15) is 10.4 Å². The highest BCUT2D eigenvalue weighted by Gasteiger charge is 2.25. The van der Waals surface area contributed by atoms with E-state index in [0.29, 0.717) is 6.61 Å². The molecule has 0 spiro atoms. The van der Waals surface area contributed by atoms with Gasteiger partial charge < -0.3 is 9.64 Å². The van der Waals surface area contributed by atoms with Gasteiger partial charge in [0.15, 0.2) is 0 Å². The maximum Gasteiger partial charge on any atom is 0.141 e. The van der Waals surface area contributed by atoms with Crippen molar-refractivity contribution < 1.29 is 4.74 Å². The lowest BCUT2D eigenvalue weighted by atomic mass is 10.2. The highest BCUT2D eigenvalue weighted by atomic mass is 32.1. The molecule has 120 valence electrons. The molecule has 6 nitrogen and oxygen atoms in total. The van der Waals surface area contributed by atoms with Crippen molar-refractivity contribution in [3.63, 3.8) is 0 Å². The van der Waals surface area contributed by atoms with Gasteiger partial charge in [0.25, 0.3) is 0 Å². The minimum atomic E-state index is 0.119. The average Bonchev–Trinajstić information content (AvgIpc) is 3.16. The molecule has 3 aromatic rings. The average molecular weight is 329 g/mol. The topological polar surface area (TPSA) is 56.1 Å². The number of hydrogen-bond donors (Lipinski definition) is 0. The van der Waals surface area contributed by atoms with Crippen LogP contribution in [0.3, 0.4) is 0 Å². The molecule has 0 amide bonds. The van der Waals surface area contributed by atoms with E-state index in [-0.39, 0.29) is 6.10 Å². The normalized spacial score (nSPS) is 18.7. The molecule has 1 aliphatic rings. The number of aromatic nitrogens is 4. The predicted molar refractivity (Wildman–Crippen MR) is 91.1 cm³/mol. The summed E-state index contributed by atoms with van der Waals surface area (Å²) in [4.78, 5) is 13.7. The minimum Gasteiger partial charge on any atom is -0.373 e. The van der Waals surface area contributed by atoms with Gasteiger partial charge in [0, 0.05) is 30.4 Å². The molecular weight excluding hydrogens is 310 g/mol. The van der Waals surface area contributed by atoms with Crippen molar-refractivity contribution >= 4 is 27.4 Å². The van der Waals surface area contributed by atoms with Crippen LogP contribution in [0.4, 0.5) is 5.82 Å². The van der Waals surface area contributed by atoms with Gasteiger partial charge in [-0.1, -0.05) is 0 Å². The van der Waals surface area contributed by atoms with Crippen molar-refractivity contribution in [1.82, 2.24) is 19.7 Å². The SMILES string of the molecule is Cc1sc2ncnc(N3CCOC(Cn4cccn4)C3)c2c1C. The fraction of sp³-hybridized carbons (Fsp3) is 0.438. The summed E-state index contributed by atoms with van der Waals surface area (Å²) in [5, 5.41) is 5.46. The Labute approximate surface area is 138 Å². The van der Waals surface area contributed by atoms with Crippen molar-refractivity contribution in [2.24, 2.45) is 0 Å². The lowest BCUT2D eigenvalue weighted by molar-refractivity contribution is 0.0273. The highest BCUT2D eigenvalue weighted by Crippen LogP contribution is 2.34. The molecule has 1 fully saturated rings. The van der Waals surface area contributed by atoms with Crippen LogP contribution in [0, 0.1) is 13.8 Å². The van der Waals surface area contributed by atoms with E-state index in [2.05, 4.69) is 33.8 Å². The Hall–Kier alpha value is -1.99. The Morgan fingerprint density at radius 1 is 1.35 bits per heavy atom. The number of ether oxygens (including phenoxy) is 1. The maximum atomic E-state index is 5.91. The quantitative estimate of drug-likeness (QED) is 0.738. The number of anilines is 1. The fourth-order valence-corrected chi connectivity index (χ4v) is 4.03. The number of nitrogens with zero attached hydrogens (tertiary/aromatic N) is 5. The largest absolute Gasteiger partial charge is 0.373 e. The van der Waals surface area contributed by atoms with Crippen LogP contribution in [0.25, 0.3) is 10.2 Å². The Balaban J connectivity index is 1.62. The van der Waals surface area contributed by atoms with Gasteiger partial charge >= 0.3 is 0 Å². The van der Waals surface area contributed by atoms with Crippen LogP contribution in [-0.4, -0.2) is 45.5 Å². The standard InChI is InChI=1S/C16H19N5OS/c1-11-12(2)23-16-14(11)15(17-10-18-16)20-6-7-22-13(8-20)9-21-5-3-4-19-21/h3-5,10,13H,6-9H2,1-2H3. The minimum absolute atomic E-state index is 0.119. The van der Waals surface area contributed by atoms with E-state index in [9.17, 15) is 0 Å². The molecule has 0 radical (unpaired) electrons. The lowest BCUT2D eigenvalue weighted by Gasteiger charge is -2.34. The Kier molecular flexibility index (Phi) is 3.74. The number of thiophene rings is 1. The van der Waals surface area contributed by atoms with Crippen molar-refractivity contribution in [2.75, 3.05) is 24.6 Å². The summed E-state index contributed by atoms with van der Waals surface area (Å²) in [6.45, 7) is 7.45. The molecule has 0 N–H and O–H groups in total. The summed E-state index contributed by atoms with van der Waals surface area (Å²) in [5.41, 5.74) is 1.29. The number of morpholine rings is 1. The summed E-state index contributed by atoms with van der Waals surface area (Å²) in [5.74, 6) is 1.03. The molecule has 1 saturated heterocycles. The van der Waals surface area contributed by atoms with E-state index in [1.165, 1.54) is 15.8 Å². The number of hydrogen-bond acceptors (Lipinski definition) is 6. The monoisotopic (exact) mass is 329 g/mol. The van der Waals surface area contributed by atoms with Gasteiger partial charge in [-0.3, -0.25) is 4.68 Å². The molecule has 1 aliphatic heterocycles. The van der Waals surface area contributed by atoms with Crippen LogP contribution in [0.2, 0.25) is 0 Å². The van der Waals surface area contributed by atoms with Gasteiger partial charge in [0.2, 0.25) is 0 Å². The van der Waals surface area contributed by atoms with Crippen LogP contribution in [-0.2, 0) is 11.3 Å². The van der Waals surface area contributed by atoms with Gasteiger partial charge in [-0.15, -0.1) is 11.3 Å². The number of rotatable bonds is 3. The second-order valence-electron chi connectivity index (χ2n) is 5.83. The summed E-state index contributed by atoms with van der Waals surface area (Å²) >= 11 is 1.74. The first-order valence-corrected chi connectivity index (χ1v) is 8.58. The summed E-state index contributed by atoms with van der Waals surface area (Å²) < 4.78 is 7.83. The maximum absolute atomic E-state index is 5.91. The molecule has 0 bridgehead atoms. The fourth-order valence-electron chi connectivity index (χ4n) is 3.04. The second-order valence-corrected chi connectivity index (χ2v) is 7.03. The first kappa shape index (κ1) is 14.6. The van der Waals surface area contributed by atoms with E-state index < -0.39 is 0 Å². The third-order valence-corrected chi connectivity index (χ3v) is 5.45. The molecule has 3 aromatic heterocycles. The van der Waals surface area contributed by atoms with Gasteiger partial charge in [0.1, 0.15) is 17.0 Å². The number of fused-ring (bicyclic) bond motifs is 1. The molecule has 0 aliphatic carbocycles. The first-order chi connectivity index (χ1) is 11.2. The van der Waals surface area contributed by atoms with Gasteiger partial charge in [-0.2, -0.15) is 5.10 Å². The van der Waals surface area contributed by atoms with E-state index in [1.54, 1.807) is 23.9 Å². The van der Waals surface area contributed by atoms with E-state index >= 15 is 0 Å². The molecule has 4 rings (SSSR count). The Morgan fingerprint density at radius 2 is 2.26 bits per heavy atom. The zero-order valence-corrected chi connectivity index (χ0v) is 14.1. The van der Waals surface area contributed by atoms with Gasteiger partial charge in [0.05, 0.1) is 24.6 Å². The molecule has 7 heteroatoms. The molecule has 0 saturated carbocycles. The van der Waals surface area contributed by atoms with E-state index in [0.717, 1.165) is 30.3 Å². The van der Waals surface area contributed by atoms with Crippen LogP contribution >= 0.6 is 11.3 Å². The highest BCUT2D eigenvalue weighted by molar-refractivity contribution is 7.18. The zero-order valence-electron chi connectivity index (χ0n) is 13.3. The smallest absolute Gasteiger partial charge is 0.141 e. The Bertz CT molecular complexity index is 813. The Morgan fingerprint density at radius 3 is 3.09 bits per heavy atom. The molecular formula is C16H19N5OS. The third-order valence-electron chi connectivity index (χ3n) is 4.33. The van der Waals surface area contributed by atoms with Gasteiger partial charge in [-0.05, 0) is 25.5 Å². The van der Waals surface area contributed by atoms with Crippen molar-refractivity contribution in [3.05, 3.63) is 35.2 Å². The van der Waals surface area contributed by atoms with Crippen molar-refractivity contribution in [1.29, 1.82) is 0 Å². The molecule has 0 aromatic carbocycles. The zero-order chi connectivity index (χ0) is 15.8. The molecule has 23 heavy (non-hydrogen) atoms. The third kappa shape index (κ3) is 2.70. The van der Waals surface area contributed by atoms with Crippen LogP contribution in [0.5, 0.6) is 0 Å².